The Morgan fingerprint density at radius 1 is 1.22 bits per heavy atom. The van der Waals surface area contributed by atoms with Gasteiger partial charge in [0.25, 0.3) is 5.91 Å². The number of nitrogens with zero attached hydrogens (tertiary/aromatic N) is 1. The van der Waals surface area contributed by atoms with Gasteiger partial charge in [-0.25, -0.2) is 0 Å². The lowest BCUT2D eigenvalue weighted by atomic mass is 10.1. The third-order valence-electron chi connectivity index (χ3n) is 5.01. The number of likely N-dealkylation sites (tertiary alicyclic amines) is 1. The summed E-state index contributed by atoms with van der Waals surface area (Å²) < 4.78 is 11.7. The van der Waals surface area contributed by atoms with Gasteiger partial charge >= 0.3 is 0 Å². The average molecular weight is 387 g/mol. The second kappa shape index (κ2) is 7.41. The maximum Gasteiger partial charge on any atom is 0.255 e. The Bertz CT molecular complexity index is 969. The number of hydrogen-bond donors (Lipinski definition) is 1. The molecule has 0 radical (unpaired) electrons. The standard InChI is InChI=1S/C21H23ClN2O3/c1-13-9-17(20(26-13)12-24-7-3-4-8-24)21(25)23-14(2)19-11-15-10-16(22)5-6-18(15)27-19/h5-6,9-11,14H,3-4,7-8,12H2,1-2H3,(H,23,25)/t14-/m1/s1. The molecule has 142 valence electrons. The number of aryl methyl sites for hydroxylation is 1. The van der Waals surface area contributed by atoms with Gasteiger partial charge in [0.1, 0.15) is 22.9 Å². The van der Waals surface area contributed by atoms with Crippen LogP contribution in [0.5, 0.6) is 0 Å². The number of amides is 1. The Labute approximate surface area is 163 Å². The molecule has 1 atom stereocenters. The summed E-state index contributed by atoms with van der Waals surface area (Å²) in [5.74, 6) is 2.03. The van der Waals surface area contributed by atoms with Crippen molar-refractivity contribution >= 4 is 28.5 Å². The first-order chi connectivity index (χ1) is 13.0. The fourth-order valence-corrected chi connectivity index (χ4v) is 3.79. The van der Waals surface area contributed by atoms with Crippen LogP contribution in [0.3, 0.4) is 0 Å². The molecule has 5 nitrogen and oxygen atoms in total. The lowest BCUT2D eigenvalue weighted by Crippen LogP contribution is -2.28. The van der Waals surface area contributed by atoms with E-state index in [-0.39, 0.29) is 11.9 Å². The number of benzene rings is 1. The van der Waals surface area contributed by atoms with Crippen molar-refractivity contribution < 1.29 is 13.6 Å². The van der Waals surface area contributed by atoms with E-state index in [9.17, 15) is 4.79 Å². The van der Waals surface area contributed by atoms with E-state index in [4.69, 9.17) is 20.4 Å². The van der Waals surface area contributed by atoms with Gasteiger partial charge in [-0.1, -0.05) is 11.6 Å². The summed E-state index contributed by atoms with van der Waals surface area (Å²) in [6.45, 7) is 6.56. The molecule has 1 fully saturated rings. The van der Waals surface area contributed by atoms with E-state index >= 15 is 0 Å². The number of halogens is 1. The van der Waals surface area contributed by atoms with Gasteiger partial charge in [-0.15, -0.1) is 0 Å². The monoisotopic (exact) mass is 386 g/mol. The molecule has 1 N–H and O–H groups in total. The molecular formula is C21H23ClN2O3. The number of rotatable bonds is 5. The van der Waals surface area contributed by atoms with Crippen molar-refractivity contribution in [2.24, 2.45) is 0 Å². The van der Waals surface area contributed by atoms with Crippen molar-refractivity contribution in [1.82, 2.24) is 10.2 Å². The van der Waals surface area contributed by atoms with Crippen LogP contribution in [0.25, 0.3) is 11.0 Å². The Morgan fingerprint density at radius 2 is 2.00 bits per heavy atom. The van der Waals surface area contributed by atoms with Crippen LogP contribution in [0.15, 0.2) is 39.2 Å². The van der Waals surface area contributed by atoms with E-state index in [1.54, 1.807) is 6.07 Å². The fraction of sp³-hybridized carbons (Fsp3) is 0.381. The molecule has 0 bridgehead atoms. The van der Waals surface area contributed by atoms with Crippen LogP contribution in [0.2, 0.25) is 5.02 Å². The van der Waals surface area contributed by atoms with E-state index < -0.39 is 0 Å². The Balaban J connectivity index is 1.50. The summed E-state index contributed by atoms with van der Waals surface area (Å²) in [6.07, 6.45) is 2.41. The quantitative estimate of drug-likeness (QED) is 0.664. The maximum absolute atomic E-state index is 12.9. The van der Waals surface area contributed by atoms with E-state index in [1.165, 1.54) is 12.8 Å². The van der Waals surface area contributed by atoms with Crippen LogP contribution >= 0.6 is 11.6 Å². The number of furan rings is 2. The van der Waals surface area contributed by atoms with Crippen LogP contribution in [0, 0.1) is 6.92 Å². The molecule has 3 aromatic rings. The second-order valence-electron chi connectivity index (χ2n) is 7.20. The van der Waals surface area contributed by atoms with Crippen molar-refractivity contribution in [2.45, 2.75) is 39.3 Å². The number of hydrogen-bond acceptors (Lipinski definition) is 4. The van der Waals surface area contributed by atoms with E-state index in [0.29, 0.717) is 22.9 Å². The van der Waals surface area contributed by atoms with Crippen LogP contribution in [0.4, 0.5) is 0 Å². The summed E-state index contributed by atoms with van der Waals surface area (Å²) in [6, 6.07) is 8.94. The predicted octanol–water partition coefficient (Wildman–Crippen LogP) is 5.07. The molecule has 1 saturated heterocycles. The van der Waals surface area contributed by atoms with Gasteiger partial charge in [-0.2, -0.15) is 0 Å². The third-order valence-corrected chi connectivity index (χ3v) is 5.25. The minimum Gasteiger partial charge on any atom is -0.464 e. The van der Waals surface area contributed by atoms with Crippen LogP contribution in [0.1, 0.15) is 53.4 Å². The summed E-state index contributed by atoms with van der Waals surface area (Å²) in [5.41, 5.74) is 1.36. The topological polar surface area (TPSA) is 58.6 Å². The van der Waals surface area contributed by atoms with Crippen LogP contribution in [-0.4, -0.2) is 23.9 Å². The van der Waals surface area contributed by atoms with Gasteiger partial charge in [0.05, 0.1) is 18.2 Å². The average Bonchev–Trinajstić information content (AvgIpc) is 3.34. The first-order valence-electron chi connectivity index (χ1n) is 9.31. The zero-order chi connectivity index (χ0) is 19.0. The molecule has 0 aliphatic carbocycles. The van der Waals surface area contributed by atoms with Crippen molar-refractivity contribution in [3.63, 3.8) is 0 Å². The number of carbonyl (C=O) groups is 1. The van der Waals surface area contributed by atoms with Crippen molar-refractivity contribution in [3.05, 3.63) is 58.2 Å². The lowest BCUT2D eigenvalue weighted by Gasteiger charge is -2.15. The fourth-order valence-electron chi connectivity index (χ4n) is 3.61. The van der Waals surface area contributed by atoms with Crippen molar-refractivity contribution in [3.8, 4) is 0 Å². The first kappa shape index (κ1) is 18.1. The molecule has 2 aromatic heterocycles. The molecule has 6 heteroatoms. The van der Waals surface area contributed by atoms with Gasteiger partial charge in [0.15, 0.2) is 0 Å². The molecule has 0 spiro atoms. The minimum atomic E-state index is -0.265. The van der Waals surface area contributed by atoms with E-state index in [1.807, 2.05) is 38.1 Å². The number of nitrogens with one attached hydrogen (secondary N) is 1. The molecule has 1 amide bonds. The van der Waals surface area contributed by atoms with Crippen LogP contribution in [-0.2, 0) is 6.54 Å². The highest BCUT2D eigenvalue weighted by atomic mass is 35.5. The SMILES string of the molecule is Cc1cc(C(=O)N[C@H](C)c2cc3cc(Cl)ccc3o2)c(CN2CCCC2)o1. The van der Waals surface area contributed by atoms with Gasteiger partial charge in [0, 0.05) is 10.4 Å². The summed E-state index contributed by atoms with van der Waals surface area (Å²) >= 11 is 6.04. The molecule has 0 saturated carbocycles. The largest absolute Gasteiger partial charge is 0.464 e. The summed E-state index contributed by atoms with van der Waals surface area (Å²) in [7, 11) is 0. The Morgan fingerprint density at radius 3 is 2.78 bits per heavy atom. The van der Waals surface area contributed by atoms with Crippen LogP contribution < -0.4 is 5.32 Å². The highest BCUT2D eigenvalue weighted by Crippen LogP contribution is 2.27. The summed E-state index contributed by atoms with van der Waals surface area (Å²) in [4.78, 5) is 15.2. The minimum absolute atomic E-state index is 0.146. The predicted molar refractivity (Wildman–Crippen MR) is 105 cm³/mol. The van der Waals surface area contributed by atoms with Crippen molar-refractivity contribution in [2.75, 3.05) is 13.1 Å². The number of fused-ring (bicyclic) bond motifs is 1. The molecule has 27 heavy (non-hydrogen) atoms. The molecule has 3 heterocycles. The smallest absolute Gasteiger partial charge is 0.255 e. The zero-order valence-electron chi connectivity index (χ0n) is 15.5. The lowest BCUT2D eigenvalue weighted by molar-refractivity contribution is 0.0932. The maximum atomic E-state index is 12.9. The Kier molecular flexibility index (Phi) is 4.98. The highest BCUT2D eigenvalue weighted by molar-refractivity contribution is 6.31. The Hall–Kier alpha value is -2.24. The summed E-state index contributed by atoms with van der Waals surface area (Å²) in [5, 5.41) is 4.61. The van der Waals surface area contributed by atoms with Gasteiger partial charge in [0.2, 0.25) is 0 Å². The van der Waals surface area contributed by atoms with Gasteiger partial charge in [-0.05, 0) is 70.1 Å². The first-order valence-corrected chi connectivity index (χ1v) is 9.69. The van der Waals surface area contributed by atoms with E-state index in [0.717, 1.165) is 35.6 Å². The van der Waals surface area contributed by atoms with E-state index in [2.05, 4.69) is 10.2 Å². The second-order valence-corrected chi connectivity index (χ2v) is 7.64. The molecule has 1 aromatic carbocycles. The number of carbonyl (C=O) groups excluding carboxylic acids is 1. The normalized spacial score (nSPS) is 16.1. The van der Waals surface area contributed by atoms with Gasteiger partial charge < -0.3 is 14.2 Å². The highest BCUT2D eigenvalue weighted by Gasteiger charge is 2.23. The molecule has 4 rings (SSSR count). The molecule has 0 unspecified atom stereocenters. The van der Waals surface area contributed by atoms with Gasteiger partial charge in [-0.3, -0.25) is 9.69 Å². The molecule has 1 aliphatic heterocycles. The zero-order valence-corrected chi connectivity index (χ0v) is 16.3. The molecule has 1 aliphatic rings. The molecular weight excluding hydrogens is 364 g/mol. The van der Waals surface area contributed by atoms with Crippen molar-refractivity contribution in [1.29, 1.82) is 0 Å². The third kappa shape index (κ3) is 3.89.